The molecule has 13 aromatic carbocycles. The Balaban J connectivity index is 1.06. The van der Waals surface area contributed by atoms with E-state index in [2.05, 4.69) is 280 Å². The van der Waals surface area contributed by atoms with E-state index in [-0.39, 0.29) is 0 Å². The van der Waals surface area contributed by atoms with Crippen LogP contribution in [-0.2, 0) is 0 Å². The Kier molecular flexibility index (Phi) is 10.8. The number of fused-ring (bicyclic) bond motifs is 6. The lowest BCUT2D eigenvalue weighted by atomic mass is 9.85. The van der Waals surface area contributed by atoms with E-state index >= 15 is 0 Å². The van der Waals surface area contributed by atoms with E-state index in [1.165, 1.54) is 120 Å². The first kappa shape index (κ1) is 43.0. The minimum Gasteiger partial charge on any atom is -0.310 e. The minimum atomic E-state index is 0.981. The van der Waals surface area contributed by atoms with Gasteiger partial charge in [-0.25, -0.2) is 0 Å². The van der Waals surface area contributed by atoms with Crippen molar-refractivity contribution in [3.05, 3.63) is 259 Å². The predicted octanol–water partition coefficient (Wildman–Crippen LogP) is 18.7. The third-order valence-corrected chi connectivity index (χ3v) is 14.8. The third kappa shape index (κ3) is 7.33. The highest BCUT2D eigenvalue weighted by molar-refractivity contribution is 6.24. The Labute approximate surface area is 420 Å². The second kappa shape index (κ2) is 18.0. The summed E-state index contributed by atoms with van der Waals surface area (Å²) < 4.78 is 0. The number of benzene rings is 13. The van der Waals surface area contributed by atoms with Gasteiger partial charge >= 0.3 is 0 Å². The summed E-state index contributed by atoms with van der Waals surface area (Å²) in [6.07, 6.45) is 5.53. The van der Waals surface area contributed by atoms with Crippen molar-refractivity contribution in [2.45, 2.75) is 20.3 Å². The highest BCUT2D eigenvalue weighted by atomic mass is 15.1. The minimum absolute atomic E-state index is 0.981. The summed E-state index contributed by atoms with van der Waals surface area (Å²) >= 11 is 0. The fraction of sp³-hybridized carbons (Fsp3) is 0.0423. The molecule has 13 aromatic rings. The molecule has 0 spiro atoms. The second-order valence-corrected chi connectivity index (χ2v) is 19.0. The number of para-hydroxylation sites is 1. The molecule has 0 aliphatic rings. The zero-order chi connectivity index (χ0) is 48.1. The fourth-order valence-electron chi connectivity index (χ4n) is 11.6. The zero-order valence-electron chi connectivity index (χ0n) is 40.5. The van der Waals surface area contributed by atoms with Crippen LogP contribution in [0.5, 0.6) is 0 Å². The topological polar surface area (TPSA) is 3.24 Å². The van der Waals surface area contributed by atoms with Crippen LogP contribution < -0.4 is 15.3 Å². The van der Waals surface area contributed by atoms with Gasteiger partial charge in [0.25, 0.3) is 0 Å². The van der Waals surface area contributed by atoms with Crippen molar-refractivity contribution in [2.24, 2.45) is 0 Å². The maximum absolute atomic E-state index is 2.45. The van der Waals surface area contributed by atoms with Crippen LogP contribution in [-0.4, -0.2) is 0 Å². The second-order valence-electron chi connectivity index (χ2n) is 19.0. The van der Waals surface area contributed by atoms with Crippen molar-refractivity contribution >= 4 is 93.8 Å². The van der Waals surface area contributed by atoms with Gasteiger partial charge in [0.1, 0.15) is 0 Å². The Morgan fingerprint density at radius 1 is 0.292 bits per heavy atom. The molecule has 0 N–H and O–H groups in total. The molecule has 0 aliphatic heterocycles. The maximum atomic E-state index is 2.45. The molecule has 13 rings (SSSR count). The predicted molar refractivity (Wildman–Crippen MR) is 312 cm³/mol. The van der Waals surface area contributed by atoms with E-state index in [1.807, 2.05) is 0 Å². The molecule has 0 bridgehead atoms. The zero-order valence-corrected chi connectivity index (χ0v) is 40.5. The van der Waals surface area contributed by atoms with Crippen LogP contribution in [0.15, 0.2) is 249 Å². The van der Waals surface area contributed by atoms with Crippen LogP contribution >= 0.6 is 0 Å². The molecule has 0 saturated carbocycles. The number of rotatable bonds is 8. The first-order valence-electron chi connectivity index (χ1n) is 25.3. The standard InChI is InChI=1S/C71H51N/c1-3-19-50-42-54(37-34-47(50)4-2)69-62-30-14-12-28-60(62)68(61-29-13-15-31-63(61)69)53-24-18-27-58(45-53)72(57-25-6-5-7-26-57)59-40-41-66-67(46-59)71(56-39-36-49-21-9-11-23-52(49)44-56)65-33-17-16-32-64(65)70(66)55-38-35-48-20-8-10-22-51(48)43-55/h4-46H,3H2,1-2H3/b47-4-,50-19-. The molecular weight excluding hydrogens is 867 g/mol. The van der Waals surface area contributed by atoms with Gasteiger partial charge in [-0.05, 0) is 188 Å². The number of hydrogen-bond donors (Lipinski definition) is 0. The summed E-state index contributed by atoms with van der Waals surface area (Å²) in [5.74, 6) is 0. The van der Waals surface area contributed by atoms with Crippen LogP contribution in [0.4, 0.5) is 17.1 Å². The molecule has 0 unspecified atom stereocenters. The largest absolute Gasteiger partial charge is 0.310 e. The van der Waals surface area contributed by atoms with Crippen molar-refractivity contribution in [3.8, 4) is 44.5 Å². The quantitative estimate of drug-likeness (QED) is 0.137. The smallest absolute Gasteiger partial charge is 0.0468 e. The third-order valence-electron chi connectivity index (χ3n) is 14.8. The van der Waals surface area contributed by atoms with Crippen LogP contribution in [0, 0.1) is 0 Å². The van der Waals surface area contributed by atoms with E-state index in [1.54, 1.807) is 0 Å². The van der Waals surface area contributed by atoms with Crippen molar-refractivity contribution in [1.82, 2.24) is 0 Å². The van der Waals surface area contributed by atoms with E-state index < -0.39 is 0 Å². The molecule has 1 nitrogen and oxygen atoms in total. The summed E-state index contributed by atoms with van der Waals surface area (Å²) in [5.41, 5.74) is 13.1. The molecule has 0 fully saturated rings. The highest BCUT2D eigenvalue weighted by Gasteiger charge is 2.22. The normalized spacial score (nSPS) is 12.2. The Hall–Kier alpha value is -9.04. The summed E-state index contributed by atoms with van der Waals surface area (Å²) in [4.78, 5) is 2.44. The van der Waals surface area contributed by atoms with Crippen molar-refractivity contribution < 1.29 is 0 Å². The maximum Gasteiger partial charge on any atom is 0.0468 e. The summed E-state index contributed by atoms with van der Waals surface area (Å²) in [5, 5.41) is 17.3. The van der Waals surface area contributed by atoms with Crippen LogP contribution in [0.2, 0.25) is 0 Å². The monoisotopic (exact) mass is 917 g/mol. The van der Waals surface area contributed by atoms with Gasteiger partial charge in [0.2, 0.25) is 0 Å². The number of anilines is 3. The highest BCUT2D eigenvalue weighted by Crippen LogP contribution is 2.49. The van der Waals surface area contributed by atoms with Gasteiger partial charge < -0.3 is 4.90 Å². The van der Waals surface area contributed by atoms with Crippen LogP contribution in [0.3, 0.4) is 0 Å². The van der Waals surface area contributed by atoms with Crippen LogP contribution in [0.1, 0.15) is 20.3 Å². The Morgan fingerprint density at radius 2 is 0.708 bits per heavy atom. The van der Waals surface area contributed by atoms with Gasteiger partial charge in [-0.2, -0.15) is 0 Å². The number of nitrogens with zero attached hydrogens (tertiary/aromatic N) is 1. The molecule has 72 heavy (non-hydrogen) atoms. The van der Waals surface area contributed by atoms with Crippen molar-refractivity contribution in [2.75, 3.05) is 4.90 Å². The van der Waals surface area contributed by atoms with Crippen molar-refractivity contribution in [1.29, 1.82) is 0 Å². The van der Waals surface area contributed by atoms with Crippen LogP contribution in [0.25, 0.3) is 121 Å². The van der Waals surface area contributed by atoms with Gasteiger partial charge in [0.15, 0.2) is 0 Å². The van der Waals surface area contributed by atoms with E-state index in [0.29, 0.717) is 0 Å². The molecule has 340 valence electrons. The Morgan fingerprint density at radius 3 is 1.24 bits per heavy atom. The van der Waals surface area contributed by atoms with Crippen molar-refractivity contribution in [3.63, 3.8) is 0 Å². The molecular formula is C71H51N. The lowest BCUT2D eigenvalue weighted by Gasteiger charge is -2.27. The van der Waals surface area contributed by atoms with E-state index in [4.69, 9.17) is 0 Å². The van der Waals surface area contributed by atoms with E-state index in [9.17, 15) is 0 Å². The average Bonchev–Trinajstić information content (AvgIpc) is 3.44. The summed E-state index contributed by atoms with van der Waals surface area (Å²) in [6, 6.07) is 92.4. The SMILES string of the molecule is C/C=c1/ccc(-c2c3ccccc3c(-c3cccc(N(c4ccccc4)c4ccc5c(-c6ccc7ccccc7c6)c6ccccc6c(-c6ccc7ccccc7c6)c5c4)c3)c3ccccc23)c/c1=C/CC. The summed E-state index contributed by atoms with van der Waals surface area (Å²) in [7, 11) is 0. The molecule has 0 aromatic heterocycles. The van der Waals surface area contributed by atoms with Gasteiger partial charge in [0, 0.05) is 17.1 Å². The number of hydrogen-bond acceptors (Lipinski definition) is 1. The lowest BCUT2D eigenvalue weighted by Crippen LogP contribution is -2.23. The molecule has 0 aliphatic carbocycles. The molecule has 0 atom stereocenters. The molecule has 1 heteroatoms. The van der Waals surface area contributed by atoms with Gasteiger partial charge in [-0.15, -0.1) is 0 Å². The van der Waals surface area contributed by atoms with Gasteiger partial charge in [0.05, 0.1) is 0 Å². The molecule has 0 radical (unpaired) electrons. The summed E-state index contributed by atoms with van der Waals surface area (Å²) in [6.45, 7) is 4.34. The van der Waals surface area contributed by atoms with Gasteiger partial charge in [-0.1, -0.05) is 213 Å². The average molecular weight is 918 g/mol. The van der Waals surface area contributed by atoms with Gasteiger partial charge in [-0.3, -0.25) is 0 Å². The molecule has 0 amide bonds. The molecule has 0 heterocycles. The molecule has 0 saturated heterocycles. The Bertz CT molecular complexity index is 4330. The first-order chi connectivity index (χ1) is 35.6. The fourth-order valence-corrected chi connectivity index (χ4v) is 11.6. The lowest BCUT2D eigenvalue weighted by molar-refractivity contribution is 1.28. The van der Waals surface area contributed by atoms with E-state index in [0.717, 1.165) is 23.5 Å². The first-order valence-corrected chi connectivity index (χ1v) is 25.3.